The molecular formula is C21H27N5O2. The van der Waals surface area contributed by atoms with Crippen LogP contribution in [0.1, 0.15) is 37.7 Å². The number of ether oxygens (including phenoxy) is 1. The van der Waals surface area contributed by atoms with Crippen LogP contribution in [0.15, 0.2) is 36.7 Å². The van der Waals surface area contributed by atoms with Gasteiger partial charge in [0.05, 0.1) is 18.4 Å². The molecule has 0 aliphatic carbocycles. The fourth-order valence-electron chi connectivity index (χ4n) is 3.28. The number of hydrogen-bond acceptors (Lipinski definition) is 6. The molecule has 7 heteroatoms. The molecule has 7 nitrogen and oxygen atoms in total. The third-order valence-corrected chi connectivity index (χ3v) is 4.77. The number of ketones is 1. The number of hydrogen-bond donors (Lipinski definition) is 3. The second-order valence-corrected chi connectivity index (χ2v) is 7.09. The van der Waals surface area contributed by atoms with Crippen molar-refractivity contribution in [1.82, 2.24) is 9.97 Å². The van der Waals surface area contributed by atoms with E-state index in [1.54, 1.807) is 12.4 Å². The molecule has 1 unspecified atom stereocenters. The molecule has 0 spiro atoms. The van der Waals surface area contributed by atoms with Gasteiger partial charge in [0.2, 0.25) is 5.95 Å². The molecular weight excluding hydrogens is 354 g/mol. The highest BCUT2D eigenvalue weighted by molar-refractivity contribution is 5.98. The van der Waals surface area contributed by atoms with Crippen LogP contribution < -0.4 is 11.1 Å². The van der Waals surface area contributed by atoms with E-state index in [0.717, 1.165) is 49.1 Å². The van der Waals surface area contributed by atoms with Gasteiger partial charge in [-0.25, -0.2) is 9.97 Å². The van der Waals surface area contributed by atoms with Crippen LogP contribution in [0.2, 0.25) is 0 Å². The number of carbonyl (C=O) groups is 1. The SMILES string of the molecule is N=C(N)CC(=O)CCc1cccc(-c2cnc(NCCC3CCCO3)nc2)c1. The number of nitrogens with one attached hydrogen (secondary N) is 2. The second-order valence-electron chi connectivity index (χ2n) is 7.09. The van der Waals surface area contributed by atoms with Crippen molar-refractivity contribution in [2.24, 2.45) is 5.73 Å². The minimum absolute atomic E-state index is 0.0142. The summed E-state index contributed by atoms with van der Waals surface area (Å²) in [7, 11) is 0. The van der Waals surface area contributed by atoms with E-state index in [9.17, 15) is 4.79 Å². The summed E-state index contributed by atoms with van der Waals surface area (Å²) >= 11 is 0. The first kappa shape index (κ1) is 19.9. The van der Waals surface area contributed by atoms with Crippen molar-refractivity contribution in [1.29, 1.82) is 5.41 Å². The summed E-state index contributed by atoms with van der Waals surface area (Å²) in [6.45, 7) is 1.67. The smallest absolute Gasteiger partial charge is 0.222 e. The molecule has 1 aromatic carbocycles. The van der Waals surface area contributed by atoms with E-state index < -0.39 is 0 Å². The Kier molecular flexibility index (Phi) is 7.08. The Bertz CT molecular complexity index is 801. The van der Waals surface area contributed by atoms with Crippen molar-refractivity contribution >= 4 is 17.6 Å². The lowest BCUT2D eigenvalue weighted by Gasteiger charge is -2.10. The monoisotopic (exact) mass is 381 g/mol. The molecule has 1 saturated heterocycles. The Balaban J connectivity index is 1.52. The van der Waals surface area contributed by atoms with Gasteiger partial charge >= 0.3 is 0 Å². The van der Waals surface area contributed by atoms with Crippen LogP contribution in [-0.2, 0) is 16.0 Å². The maximum atomic E-state index is 11.7. The van der Waals surface area contributed by atoms with Crippen molar-refractivity contribution in [2.75, 3.05) is 18.5 Å². The number of carbonyl (C=O) groups excluding carboxylic acids is 1. The van der Waals surface area contributed by atoms with E-state index in [2.05, 4.69) is 15.3 Å². The number of benzene rings is 1. The summed E-state index contributed by atoms with van der Waals surface area (Å²) in [5.74, 6) is 0.521. The van der Waals surface area contributed by atoms with Gasteiger partial charge in [-0.1, -0.05) is 24.3 Å². The van der Waals surface area contributed by atoms with Crippen LogP contribution in [0.3, 0.4) is 0 Å². The van der Waals surface area contributed by atoms with Gasteiger partial charge in [0.15, 0.2) is 0 Å². The average Bonchev–Trinajstić information content (AvgIpc) is 3.20. The maximum absolute atomic E-state index is 11.7. The first-order valence-corrected chi connectivity index (χ1v) is 9.71. The number of aromatic nitrogens is 2. The summed E-state index contributed by atoms with van der Waals surface area (Å²) in [5.41, 5.74) is 8.29. The number of nitrogens with zero attached hydrogens (tertiary/aromatic N) is 2. The van der Waals surface area contributed by atoms with Gasteiger partial charge in [-0.3, -0.25) is 10.2 Å². The fraction of sp³-hybridized carbons (Fsp3) is 0.429. The zero-order chi connectivity index (χ0) is 19.8. The number of anilines is 1. The zero-order valence-electron chi connectivity index (χ0n) is 16.0. The third kappa shape index (κ3) is 6.13. The van der Waals surface area contributed by atoms with Gasteiger partial charge in [-0.2, -0.15) is 0 Å². The normalized spacial score (nSPS) is 16.1. The van der Waals surface area contributed by atoms with Gasteiger partial charge in [0.1, 0.15) is 5.78 Å². The van der Waals surface area contributed by atoms with E-state index in [0.29, 0.717) is 24.9 Å². The largest absolute Gasteiger partial charge is 0.387 e. The molecule has 1 fully saturated rings. The second kappa shape index (κ2) is 9.94. The van der Waals surface area contributed by atoms with Gasteiger partial charge in [-0.15, -0.1) is 0 Å². The highest BCUT2D eigenvalue weighted by atomic mass is 16.5. The Morgan fingerprint density at radius 3 is 2.82 bits per heavy atom. The van der Waals surface area contributed by atoms with Gasteiger partial charge < -0.3 is 15.8 Å². The summed E-state index contributed by atoms with van der Waals surface area (Å²) in [4.78, 5) is 20.5. The van der Waals surface area contributed by atoms with Crippen molar-refractivity contribution in [3.8, 4) is 11.1 Å². The molecule has 2 aromatic rings. The van der Waals surface area contributed by atoms with Crippen molar-refractivity contribution in [3.05, 3.63) is 42.2 Å². The molecule has 0 saturated carbocycles. The molecule has 28 heavy (non-hydrogen) atoms. The van der Waals surface area contributed by atoms with E-state index in [-0.39, 0.29) is 18.0 Å². The van der Waals surface area contributed by atoms with Crippen LogP contribution in [0.5, 0.6) is 0 Å². The number of aryl methyl sites for hydroxylation is 1. The van der Waals surface area contributed by atoms with Crippen molar-refractivity contribution in [2.45, 2.75) is 44.6 Å². The Morgan fingerprint density at radius 2 is 2.11 bits per heavy atom. The first-order valence-electron chi connectivity index (χ1n) is 9.71. The molecule has 4 N–H and O–H groups in total. The van der Waals surface area contributed by atoms with Crippen LogP contribution in [0.4, 0.5) is 5.95 Å². The minimum atomic E-state index is -0.0830. The van der Waals surface area contributed by atoms with Crippen molar-refractivity contribution < 1.29 is 9.53 Å². The molecule has 1 aromatic heterocycles. The van der Waals surface area contributed by atoms with Crippen LogP contribution in [-0.4, -0.2) is 40.8 Å². The Labute approximate surface area is 165 Å². The maximum Gasteiger partial charge on any atom is 0.222 e. The predicted molar refractivity (Wildman–Crippen MR) is 109 cm³/mol. The topological polar surface area (TPSA) is 114 Å². The van der Waals surface area contributed by atoms with E-state index in [4.69, 9.17) is 15.9 Å². The number of Topliss-reactive ketones (excluding diaryl/α,β-unsaturated/α-hetero) is 1. The van der Waals surface area contributed by atoms with E-state index in [1.807, 2.05) is 24.3 Å². The number of rotatable bonds is 10. The average molecular weight is 381 g/mol. The Morgan fingerprint density at radius 1 is 1.29 bits per heavy atom. The highest BCUT2D eigenvalue weighted by Gasteiger charge is 2.14. The van der Waals surface area contributed by atoms with Crippen LogP contribution in [0, 0.1) is 5.41 Å². The molecule has 0 bridgehead atoms. The van der Waals surface area contributed by atoms with Gasteiger partial charge in [0.25, 0.3) is 0 Å². The quantitative estimate of drug-likeness (QED) is 0.431. The number of nitrogens with two attached hydrogens (primary N) is 1. The van der Waals surface area contributed by atoms with E-state index in [1.165, 1.54) is 0 Å². The van der Waals surface area contributed by atoms with Gasteiger partial charge in [0, 0.05) is 37.5 Å². The highest BCUT2D eigenvalue weighted by Crippen LogP contribution is 2.21. The van der Waals surface area contributed by atoms with Crippen LogP contribution in [0.25, 0.3) is 11.1 Å². The molecule has 1 aliphatic heterocycles. The molecule has 1 aliphatic rings. The Hall–Kier alpha value is -2.80. The molecule has 0 radical (unpaired) electrons. The summed E-state index contributed by atoms with van der Waals surface area (Å²) in [6, 6.07) is 8.01. The lowest BCUT2D eigenvalue weighted by atomic mass is 10.0. The molecule has 2 heterocycles. The van der Waals surface area contributed by atoms with E-state index >= 15 is 0 Å². The zero-order valence-corrected chi connectivity index (χ0v) is 16.0. The molecule has 0 amide bonds. The predicted octanol–water partition coefficient (Wildman–Crippen LogP) is 2.95. The molecule has 1 atom stereocenters. The first-order chi connectivity index (χ1) is 13.6. The lowest BCUT2D eigenvalue weighted by Crippen LogP contribution is -2.15. The minimum Gasteiger partial charge on any atom is -0.387 e. The molecule has 148 valence electrons. The lowest BCUT2D eigenvalue weighted by molar-refractivity contribution is -0.117. The summed E-state index contributed by atoms with van der Waals surface area (Å²) in [6.07, 6.45) is 8.26. The third-order valence-electron chi connectivity index (χ3n) is 4.77. The standard InChI is InChI=1S/C21H27N5O2/c22-20(23)12-18(27)7-6-15-3-1-4-16(11-15)17-13-25-21(26-14-17)24-9-8-19-5-2-10-28-19/h1,3-4,11,13-14,19H,2,5-10,12H2,(H3,22,23)(H,24,25,26). The molecule has 3 rings (SSSR count). The summed E-state index contributed by atoms with van der Waals surface area (Å²) in [5, 5.41) is 10.4. The van der Waals surface area contributed by atoms with Gasteiger partial charge in [-0.05, 0) is 36.8 Å². The van der Waals surface area contributed by atoms with Crippen molar-refractivity contribution in [3.63, 3.8) is 0 Å². The summed E-state index contributed by atoms with van der Waals surface area (Å²) < 4.78 is 5.61. The fourth-order valence-corrected chi connectivity index (χ4v) is 3.28. The van der Waals surface area contributed by atoms with Crippen LogP contribution >= 0.6 is 0 Å². The number of amidine groups is 1.